The van der Waals surface area contributed by atoms with Crippen LogP contribution in [0.3, 0.4) is 0 Å². The number of carbonyl (C=O) groups excluding carboxylic acids is 1. The molecule has 4 heteroatoms. The molecule has 1 amide bonds. The number of thioether (sulfide) groups is 1. The van der Waals surface area contributed by atoms with Gasteiger partial charge >= 0.3 is 0 Å². The van der Waals surface area contributed by atoms with Crippen LogP contribution in [0.2, 0.25) is 0 Å². The van der Waals surface area contributed by atoms with Crippen LogP contribution in [0.25, 0.3) is 0 Å². The van der Waals surface area contributed by atoms with Crippen LogP contribution in [0.5, 0.6) is 0 Å². The lowest BCUT2D eigenvalue weighted by atomic mass is 10.4. The van der Waals surface area contributed by atoms with Crippen LogP contribution in [0, 0.1) is 0 Å². The van der Waals surface area contributed by atoms with Gasteiger partial charge in [0.15, 0.2) is 0 Å². The molecular formula is C10H19NO2S. The van der Waals surface area contributed by atoms with Crippen molar-refractivity contribution in [3.05, 3.63) is 0 Å². The minimum absolute atomic E-state index is 0.000903. The second-order valence-electron chi connectivity index (χ2n) is 4.02. The Morgan fingerprint density at radius 2 is 2.21 bits per heavy atom. The Morgan fingerprint density at radius 1 is 1.57 bits per heavy atom. The van der Waals surface area contributed by atoms with E-state index in [4.69, 9.17) is 4.74 Å². The van der Waals surface area contributed by atoms with E-state index < -0.39 is 0 Å². The minimum atomic E-state index is -0.000903. The summed E-state index contributed by atoms with van der Waals surface area (Å²) in [7, 11) is 0. The molecular weight excluding hydrogens is 198 g/mol. The van der Waals surface area contributed by atoms with Gasteiger partial charge in [-0.3, -0.25) is 4.79 Å². The molecule has 0 bridgehead atoms. The third-order valence-electron chi connectivity index (χ3n) is 2.40. The van der Waals surface area contributed by atoms with Crippen molar-refractivity contribution in [2.75, 3.05) is 19.4 Å². The molecule has 14 heavy (non-hydrogen) atoms. The van der Waals surface area contributed by atoms with Gasteiger partial charge in [-0.15, -0.1) is 0 Å². The predicted molar refractivity (Wildman–Crippen MR) is 59.6 cm³/mol. The van der Waals surface area contributed by atoms with Crippen molar-refractivity contribution in [1.29, 1.82) is 0 Å². The van der Waals surface area contributed by atoms with Crippen LogP contribution < -0.4 is 5.32 Å². The van der Waals surface area contributed by atoms with Gasteiger partial charge in [0, 0.05) is 11.3 Å². The lowest BCUT2D eigenvalue weighted by Crippen LogP contribution is -2.34. The van der Waals surface area contributed by atoms with Gasteiger partial charge in [-0.25, -0.2) is 0 Å². The molecule has 0 spiro atoms. The summed E-state index contributed by atoms with van der Waals surface area (Å²) >= 11 is 1.85. The summed E-state index contributed by atoms with van der Waals surface area (Å²) in [5, 5.41) is 2.91. The zero-order valence-electron chi connectivity index (χ0n) is 9.13. The highest BCUT2D eigenvalue weighted by atomic mass is 32.2. The van der Waals surface area contributed by atoms with Gasteiger partial charge in [0.2, 0.25) is 5.91 Å². The standard InChI is InChI=1S/C10H19NO2S/c1-8(2)13-6-9(12)11-7-10(14-3)4-5-10/h8H,4-7H2,1-3H3,(H,11,12). The molecule has 0 unspecified atom stereocenters. The van der Waals surface area contributed by atoms with Gasteiger partial charge in [-0.05, 0) is 32.9 Å². The first-order chi connectivity index (χ1) is 6.58. The van der Waals surface area contributed by atoms with Crippen molar-refractivity contribution in [2.45, 2.75) is 37.5 Å². The number of carbonyl (C=O) groups is 1. The van der Waals surface area contributed by atoms with Crippen LogP contribution >= 0.6 is 11.8 Å². The second-order valence-corrected chi connectivity index (χ2v) is 5.30. The Bertz CT molecular complexity index is 202. The van der Waals surface area contributed by atoms with Crippen LogP contribution in [-0.4, -0.2) is 36.2 Å². The lowest BCUT2D eigenvalue weighted by molar-refractivity contribution is -0.127. The molecule has 1 N–H and O–H groups in total. The lowest BCUT2D eigenvalue weighted by Gasteiger charge is -2.13. The van der Waals surface area contributed by atoms with E-state index in [0.29, 0.717) is 4.75 Å². The number of rotatable bonds is 6. The number of hydrogen-bond donors (Lipinski definition) is 1. The van der Waals surface area contributed by atoms with Crippen molar-refractivity contribution in [1.82, 2.24) is 5.32 Å². The Morgan fingerprint density at radius 3 is 2.64 bits per heavy atom. The fourth-order valence-electron chi connectivity index (χ4n) is 1.15. The van der Waals surface area contributed by atoms with E-state index in [1.54, 1.807) is 0 Å². The SMILES string of the molecule is CSC1(CNC(=O)COC(C)C)CC1. The van der Waals surface area contributed by atoms with E-state index in [-0.39, 0.29) is 18.6 Å². The fraction of sp³-hybridized carbons (Fsp3) is 0.900. The van der Waals surface area contributed by atoms with Crippen molar-refractivity contribution < 1.29 is 9.53 Å². The van der Waals surface area contributed by atoms with Gasteiger partial charge < -0.3 is 10.1 Å². The van der Waals surface area contributed by atoms with E-state index >= 15 is 0 Å². The highest BCUT2D eigenvalue weighted by Gasteiger charge is 2.41. The molecule has 0 aromatic rings. The minimum Gasteiger partial charge on any atom is -0.369 e. The van der Waals surface area contributed by atoms with Gasteiger partial charge in [-0.2, -0.15) is 11.8 Å². The molecule has 0 atom stereocenters. The third-order valence-corrected chi connectivity index (χ3v) is 3.81. The molecule has 1 saturated carbocycles. The molecule has 1 rings (SSSR count). The molecule has 1 aliphatic carbocycles. The number of hydrogen-bond acceptors (Lipinski definition) is 3. The Kier molecular flexibility index (Phi) is 4.26. The van der Waals surface area contributed by atoms with Crippen molar-refractivity contribution in [3.8, 4) is 0 Å². The molecule has 1 fully saturated rings. The third kappa shape index (κ3) is 3.88. The number of nitrogens with one attached hydrogen (secondary N) is 1. The van der Waals surface area contributed by atoms with Crippen LogP contribution in [0.4, 0.5) is 0 Å². The number of amides is 1. The summed E-state index contributed by atoms with van der Waals surface area (Å²) in [6.45, 7) is 4.83. The normalized spacial score (nSPS) is 18.3. The maximum atomic E-state index is 11.3. The van der Waals surface area contributed by atoms with Gasteiger partial charge in [0.25, 0.3) is 0 Å². The molecule has 0 radical (unpaired) electrons. The molecule has 0 aliphatic heterocycles. The van der Waals surface area contributed by atoms with E-state index in [1.165, 1.54) is 12.8 Å². The van der Waals surface area contributed by atoms with Crippen LogP contribution in [0.15, 0.2) is 0 Å². The molecule has 0 heterocycles. The first kappa shape index (κ1) is 11.9. The monoisotopic (exact) mass is 217 g/mol. The average molecular weight is 217 g/mol. The Hall–Kier alpha value is -0.220. The Labute approximate surface area is 90.0 Å². The summed E-state index contributed by atoms with van der Waals surface area (Å²) in [5.41, 5.74) is 0. The number of ether oxygens (including phenoxy) is 1. The largest absolute Gasteiger partial charge is 0.369 e. The van der Waals surface area contributed by atoms with E-state index in [0.717, 1.165) is 6.54 Å². The molecule has 0 aromatic carbocycles. The Balaban J connectivity index is 2.09. The summed E-state index contributed by atoms with van der Waals surface area (Å²) < 4.78 is 5.54. The zero-order valence-corrected chi connectivity index (χ0v) is 9.95. The highest BCUT2D eigenvalue weighted by molar-refractivity contribution is 8.00. The molecule has 0 aromatic heterocycles. The molecule has 1 aliphatic rings. The van der Waals surface area contributed by atoms with Crippen LogP contribution in [0.1, 0.15) is 26.7 Å². The average Bonchev–Trinajstić information content (AvgIpc) is 2.92. The quantitative estimate of drug-likeness (QED) is 0.731. The maximum absolute atomic E-state index is 11.3. The summed E-state index contributed by atoms with van der Waals surface area (Å²) in [6.07, 6.45) is 4.67. The van der Waals surface area contributed by atoms with Crippen molar-refractivity contribution in [3.63, 3.8) is 0 Å². The second kappa shape index (κ2) is 5.03. The molecule has 82 valence electrons. The highest BCUT2D eigenvalue weighted by Crippen LogP contribution is 2.46. The van der Waals surface area contributed by atoms with Gasteiger partial charge in [0.05, 0.1) is 6.10 Å². The smallest absolute Gasteiger partial charge is 0.246 e. The zero-order chi connectivity index (χ0) is 10.6. The van der Waals surface area contributed by atoms with Gasteiger partial charge in [-0.1, -0.05) is 0 Å². The summed E-state index contributed by atoms with van der Waals surface area (Å²) in [6, 6.07) is 0. The fourth-order valence-corrected chi connectivity index (χ4v) is 1.87. The topological polar surface area (TPSA) is 38.3 Å². The first-order valence-electron chi connectivity index (χ1n) is 5.01. The van der Waals surface area contributed by atoms with E-state index in [2.05, 4.69) is 11.6 Å². The van der Waals surface area contributed by atoms with E-state index in [9.17, 15) is 4.79 Å². The van der Waals surface area contributed by atoms with Crippen LogP contribution in [-0.2, 0) is 9.53 Å². The predicted octanol–water partition coefficient (Wildman–Crippen LogP) is 1.42. The van der Waals surface area contributed by atoms with Crippen molar-refractivity contribution in [2.24, 2.45) is 0 Å². The maximum Gasteiger partial charge on any atom is 0.246 e. The van der Waals surface area contributed by atoms with E-state index in [1.807, 2.05) is 25.6 Å². The van der Waals surface area contributed by atoms with Crippen molar-refractivity contribution >= 4 is 17.7 Å². The molecule has 0 saturated heterocycles. The first-order valence-corrected chi connectivity index (χ1v) is 6.24. The summed E-state index contributed by atoms with van der Waals surface area (Å²) in [4.78, 5) is 11.3. The van der Waals surface area contributed by atoms with Gasteiger partial charge in [0.1, 0.15) is 6.61 Å². The summed E-state index contributed by atoms with van der Waals surface area (Å²) in [5.74, 6) is -0.000903. The molecule has 3 nitrogen and oxygen atoms in total.